The molecule has 4 heteroatoms. The lowest BCUT2D eigenvalue weighted by atomic mass is 10.0. The van der Waals surface area contributed by atoms with Gasteiger partial charge >= 0.3 is 0 Å². The van der Waals surface area contributed by atoms with Crippen LogP contribution in [0.4, 0.5) is 0 Å². The summed E-state index contributed by atoms with van der Waals surface area (Å²) in [4.78, 5) is 0. The van der Waals surface area contributed by atoms with Gasteiger partial charge in [-0.2, -0.15) is 16.9 Å². The first kappa shape index (κ1) is 11.0. The number of thioether (sulfide) groups is 1. The Hall–Kier alpha value is -0.480. The highest BCUT2D eigenvalue weighted by molar-refractivity contribution is 8.00. The lowest BCUT2D eigenvalue weighted by Gasteiger charge is -2.22. The maximum atomic E-state index is 4.26. The highest BCUT2D eigenvalue weighted by atomic mass is 32.2. The molecule has 0 amide bonds. The van der Waals surface area contributed by atoms with Crippen LogP contribution in [0.25, 0.3) is 0 Å². The Morgan fingerprint density at radius 2 is 2.60 bits per heavy atom. The van der Waals surface area contributed by atoms with Gasteiger partial charge in [-0.05, 0) is 25.1 Å². The van der Waals surface area contributed by atoms with E-state index in [0.717, 1.165) is 11.8 Å². The Morgan fingerprint density at radius 1 is 1.73 bits per heavy atom. The predicted octanol–water partition coefficient (Wildman–Crippen LogP) is 1.97. The van der Waals surface area contributed by atoms with E-state index >= 15 is 0 Å². The SMILES string of the molecule is CCNC(c1cnn(C)c1)C1CCCS1. The van der Waals surface area contributed by atoms with Crippen molar-refractivity contribution in [1.82, 2.24) is 15.1 Å². The average Bonchev–Trinajstić information content (AvgIpc) is 2.85. The number of nitrogens with one attached hydrogen (secondary N) is 1. The monoisotopic (exact) mass is 225 g/mol. The van der Waals surface area contributed by atoms with Gasteiger partial charge in [-0.15, -0.1) is 0 Å². The van der Waals surface area contributed by atoms with Crippen molar-refractivity contribution in [2.75, 3.05) is 12.3 Å². The third-order valence-corrected chi connectivity index (χ3v) is 4.31. The zero-order valence-corrected chi connectivity index (χ0v) is 10.3. The van der Waals surface area contributed by atoms with Gasteiger partial charge in [-0.1, -0.05) is 6.92 Å². The van der Waals surface area contributed by atoms with Crippen molar-refractivity contribution in [3.63, 3.8) is 0 Å². The van der Waals surface area contributed by atoms with Gasteiger partial charge < -0.3 is 5.32 Å². The fourth-order valence-corrected chi connectivity index (χ4v) is 3.57. The molecule has 84 valence electrons. The zero-order valence-electron chi connectivity index (χ0n) is 9.44. The smallest absolute Gasteiger partial charge is 0.0537 e. The molecule has 2 rings (SSSR count). The molecule has 1 fully saturated rings. The van der Waals surface area contributed by atoms with E-state index in [1.807, 2.05) is 17.9 Å². The first-order chi connectivity index (χ1) is 7.31. The summed E-state index contributed by atoms with van der Waals surface area (Å²) in [7, 11) is 1.98. The molecular formula is C11H19N3S. The molecule has 0 radical (unpaired) electrons. The fraction of sp³-hybridized carbons (Fsp3) is 0.727. The molecule has 1 aromatic heterocycles. The molecule has 0 saturated carbocycles. The average molecular weight is 225 g/mol. The molecule has 1 aromatic rings. The number of hydrogen-bond acceptors (Lipinski definition) is 3. The van der Waals surface area contributed by atoms with Crippen LogP contribution >= 0.6 is 11.8 Å². The maximum Gasteiger partial charge on any atom is 0.0537 e. The third-order valence-electron chi connectivity index (χ3n) is 2.84. The van der Waals surface area contributed by atoms with E-state index in [1.165, 1.54) is 24.2 Å². The molecule has 1 aliphatic heterocycles. The summed E-state index contributed by atoms with van der Waals surface area (Å²) in [5, 5.41) is 8.57. The molecule has 15 heavy (non-hydrogen) atoms. The summed E-state index contributed by atoms with van der Waals surface area (Å²) in [5.74, 6) is 1.31. The minimum Gasteiger partial charge on any atom is -0.309 e. The van der Waals surface area contributed by atoms with Crippen LogP contribution in [0, 0.1) is 0 Å². The summed E-state index contributed by atoms with van der Waals surface area (Å²) in [6.07, 6.45) is 6.81. The molecule has 0 bridgehead atoms. The summed E-state index contributed by atoms with van der Waals surface area (Å²) >= 11 is 2.09. The second kappa shape index (κ2) is 5.03. The summed E-state index contributed by atoms with van der Waals surface area (Å²) in [6, 6.07) is 0.483. The van der Waals surface area contributed by atoms with Crippen molar-refractivity contribution in [2.24, 2.45) is 7.05 Å². The highest BCUT2D eigenvalue weighted by Gasteiger charge is 2.26. The second-order valence-corrected chi connectivity index (χ2v) is 5.38. The van der Waals surface area contributed by atoms with Gasteiger partial charge in [0.1, 0.15) is 0 Å². The molecule has 1 saturated heterocycles. The van der Waals surface area contributed by atoms with Gasteiger partial charge in [0.25, 0.3) is 0 Å². The van der Waals surface area contributed by atoms with Crippen molar-refractivity contribution >= 4 is 11.8 Å². The van der Waals surface area contributed by atoms with Gasteiger partial charge in [0.05, 0.1) is 6.20 Å². The van der Waals surface area contributed by atoms with Crippen molar-refractivity contribution in [2.45, 2.75) is 31.1 Å². The molecule has 0 aliphatic carbocycles. The van der Waals surface area contributed by atoms with Gasteiger partial charge in [0.2, 0.25) is 0 Å². The Kier molecular flexibility index (Phi) is 3.70. The van der Waals surface area contributed by atoms with Crippen LogP contribution in [0.2, 0.25) is 0 Å². The van der Waals surface area contributed by atoms with E-state index in [4.69, 9.17) is 0 Å². The minimum atomic E-state index is 0.483. The van der Waals surface area contributed by atoms with Gasteiger partial charge in [0, 0.05) is 30.1 Å². The lowest BCUT2D eigenvalue weighted by molar-refractivity contribution is 0.519. The molecule has 1 N–H and O–H groups in total. The van der Waals surface area contributed by atoms with Crippen molar-refractivity contribution < 1.29 is 0 Å². The van der Waals surface area contributed by atoms with E-state index in [-0.39, 0.29) is 0 Å². The molecule has 0 spiro atoms. The van der Waals surface area contributed by atoms with Crippen LogP contribution in [0.15, 0.2) is 12.4 Å². The first-order valence-corrected chi connectivity index (χ1v) is 6.69. The van der Waals surface area contributed by atoms with Crippen molar-refractivity contribution in [1.29, 1.82) is 0 Å². The van der Waals surface area contributed by atoms with E-state index in [9.17, 15) is 0 Å². The van der Waals surface area contributed by atoms with Gasteiger partial charge in [-0.25, -0.2) is 0 Å². The topological polar surface area (TPSA) is 29.9 Å². The van der Waals surface area contributed by atoms with Crippen LogP contribution in [-0.2, 0) is 7.05 Å². The zero-order chi connectivity index (χ0) is 10.7. The number of hydrogen-bond donors (Lipinski definition) is 1. The van der Waals surface area contributed by atoms with Crippen molar-refractivity contribution in [3.05, 3.63) is 18.0 Å². The third kappa shape index (κ3) is 2.55. The minimum absolute atomic E-state index is 0.483. The molecular weight excluding hydrogens is 206 g/mol. The molecule has 2 heterocycles. The van der Waals surface area contributed by atoms with Crippen LogP contribution < -0.4 is 5.32 Å². The van der Waals surface area contributed by atoms with Gasteiger partial charge in [-0.3, -0.25) is 4.68 Å². The Morgan fingerprint density at radius 3 is 3.13 bits per heavy atom. The fourth-order valence-electron chi connectivity index (χ4n) is 2.15. The lowest BCUT2D eigenvalue weighted by Crippen LogP contribution is -2.28. The van der Waals surface area contributed by atoms with E-state index in [0.29, 0.717) is 6.04 Å². The summed E-state index contributed by atoms with van der Waals surface area (Å²) < 4.78 is 1.89. The highest BCUT2D eigenvalue weighted by Crippen LogP contribution is 2.35. The number of aryl methyl sites for hydroxylation is 1. The second-order valence-electron chi connectivity index (χ2n) is 4.03. The maximum absolute atomic E-state index is 4.26. The quantitative estimate of drug-likeness (QED) is 0.849. The molecule has 3 nitrogen and oxygen atoms in total. The predicted molar refractivity (Wildman–Crippen MR) is 65.1 cm³/mol. The van der Waals surface area contributed by atoms with E-state index < -0.39 is 0 Å². The molecule has 0 aromatic carbocycles. The summed E-state index contributed by atoms with van der Waals surface area (Å²) in [6.45, 7) is 3.19. The number of nitrogens with zero attached hydrogens (tertiary/aromatic N) is 2. The van der Waals surface area contributed by atoms with Crippen LogP contribution in [0.3, 0.4) is 0 Å². The Bertz CT molecular complexity index is 305. The Labute approximate surface area is 95.6 Å². The summed E-state index contributed by atoms with van der Waals surface area (Å²) in [5.41, 5.74) is 1.33. The van der Waals surface area contributed by atoms with Crippen LogP contribution in [0.1, 0.15) is 31.4 Å². The van der Waals surface area contributed by atoms with Crippen LogP contribution in [-0.4, -0.2) is 27.3 Å². The Balaban J connectivity index is 2.11. The first-order valence-electron chi connectivity index (χ1n) is 5.64. The molecule has 2 unspecified atom stereocenters. The standard InChI is InChI=1S/C11H19N3S/c1-3-12-11(10-5-4-6-15-10)9-7-13-14(2)8-9/h7-8,10-12H,3-6H2,1-2H3. The van der Waals surface area contributed by atoms with E-state index in [2.05, 4.69) is 35.3 Å². The number of aromatic nitrogens is 2. The van der Waals surface area contributed by atoms with Crippen molar-refractivity contribution in [3.8, 4) is 0 Å². The van der Waals surface area contributed by atoms with Gasteiger partial charge in [0.15, 0.2) is 0 Å². The number of rotatable bonds is 4. The normalized spacial score (nSPS) is 23.2. The van der Waals surface area contributed by atoms with E-state index in [1.54, 1.807) is 0 Å². The largest absolute Gasteiger partial charge is 0.309 e. The molecule has 2 atom stereocenters. The van der Waals surface area contributed by atoms with Crippen LogP contribution in [0.5, 0.6) is 0 Å². The molecule has 1 aliphatic rings.